The Morgan fingerprint density at radius 3 is 2.20 bits per heavy atom. The van der Waals surface area contributed by atoms with Gasteiger partial charge in [-0.15, -0.1) is 0 Å². The molecule has 3 N–H and O–H groups in total. The van der Waals surface area contributed by atoms with Crippen LogP contribution in [0.4, 0.5) is 10.5 Å². The molecule has 1 rings (SSSR count). The molecule has 0 saturated heterocycles. The van der Waals surface area contributed by atoms with Crippen molar-refractivity contribution in [2.45, 2.75) is 40.7 Å². The van der Waals surface area contributed by atoms with Gasteiger partial charge in [0.25, 0.3) is 0 Å². The van der Waals surface area contributed by atoms with Crippen molar-refractivity contribution in [3.8, 4) is 0 Å². The van der Waals surface area contributed by atoms with Crippen molar-refractivity contribution in [3.63, 3.8) is 0 Å². The number of anilines is 1. The van der Waals surface area contributed by atoms with Gasteiger partial charge in [0.05, 0.1) is 0 Å². The van der Waals surface area contributed by atoms with E-state index in [1.54, 1.807) is 26.8 Å². The average molecular weight is 278 g/mol. The van der Waals surface area contributed by atoms with Gasteiger partial charge in [-0.25, -0.2) is 9.59 Å². The van der Waals surface area contributed by atoms with Crippen molar-refractivity contribution in [1.82, 2.24) is 5.32 Å². The highest BCUT2D eigenvalue weighted by Crippen LogP contribution is 2.20. The maximum absolute atomic E-state index is 11.9. The standard InChI is InChI=1S/C15H22N2O3/c1-9-6-7-11(8-10(9)2)16-14(20)17-12(13(18)19)15(3,4)5/h6-8,12H,1-5H3,(H,18,19)(H2,16,17,20)/t12-/m0/s1. The van der Waals surface area contributed by atoms with Gasteiger partial charge in [0, 0.05) is 5.69 Å². The first-order chi connectivity index (χ1) is 9.11. The van der Waals surface area contributed by atoms with E-state index in [4.69, 9.17) is 5.11 Å². The molecular formula is C15H22N2O3. The molecule has 0 aliphatic heterocycles. The first-order valence-electron chi connectivity index (χ1n) is 6.49. The van der Waals surface area contributed by atoms with Crippen LogP contribution in [0.2, 0.25) is 0 Å². The van der Waals surface area contributed by atoms with Gasteiger partial charge in [0.15, 0.2) is 0 Å². The van der Waals surface area contributed by atoms with E-state index < -0.39 is 23.5 Å². The molecule has 1 atom stereocenters. The Hall–Kier alpha value is -2.04. The molecule has 0 heterocycles. The van der Waals surface area contributed by atoms with Gasteiger partial charge in [0.2, 0.25) is 0 Å². The van der Waals surface area contributed by atoms with Gasteiger partial charge >= 0.3 is 12.0 Å². The molecule has 1 aromatic rings. The number of urea groups is 1. The van der Waals surface area contributed by atoms with Gasteiger partial charge in [-0.3, -0.25) is 0 Å². The molecule has 0 aliphatic carbocycles. The predicted molar refractivity (Wildman–Crippen MR) is 78.9 cm³/mol. The summed E-state index contributed by atoms with van der Waals surface area (Å²) in [6, 6.07) is 4.07. The molecule has 5 nitrogen and oxygen atoms in total. The predicted octanol–water partition coefficient (Wildman–Crippen LogP) is 2.92. The van der Waals surface area contributed by atoms with Crippen molar-refractivity contribution >= 4 is 17.7 Å². The summed E-state index contributed by atoms with van der Waals surface area (Å²) in [5.74, 6) is -1.05. The highest BCUT2D eigenvalue weighted by Gasteiger charge is 2.32. The summed E-state index contributed by atoms with van der Waals surface area (Å²) in [4.78, 5) is 23.1. The number of amides is 2. The van der Waals surface area contributed by atoms with E-state index in [0.717, 1.165) is 11.1 Å². The van der Waals surface area contributed by atoms with Gasteiger partial charge < -0.3 is 15.7 Å². The molecule has 20 heavy (non-hydrogen) atoms. The smallest absolute Gasteiger partial charge is 0.326 e. The number of hydrogen-bond acceptors (Lipinski definition) is 2. The molecule has 110 valence electrons. The minimum Gasteiger partial charge on any atom is -0.480 e. The van der Waals surface area contributed by atoms with Crippen LogP contribution < -0.4 is 10.6 Å². The zero-order valence-corrected chi connectivity index (χ0v) is 12.6. The Bertz CT molecular complexity index is 518. The van der Waals surface area contributed by atoms with E-state index in [-0.39, 0.29) is 0 Å². The molecule has 0 bridgehead atoms. The first kappa shape index (κ1) is 16.0. The Morgan fingerprint density at radius 2 is 1.75 bits per heavy atom. The van der Waals surface area contributed by atoms with Gasteiger partial charge in [-0.2, -0.15) is 0 Å². The van der Waals surface area contributed by atoms with Crippen LogP contribution in [0.5, 0.6) is 0 Å². The summed E-state index contributed by atoms with van der Waals surface area (Å²) in [6.45, 7) is 9.24. The van der Waals surface area contributed by atoms with Crippen molar-refractivity contribution < 1.29 is 14.7 Å². The molecule has 0 radical (unpaired) electrons. The maximum Gasteiger partial charge on any atom is 0.326 e. The summed E-state index contributed by atoms with van der Waals surface area (Å²) in [5.41, 5.74) is 2.28. The number of rotatable bonds is 3. The third-order valence-corrected chi connectivity index (χ3v) is 3.15. The fraction of sp³-hybridized carbons (Fsp3) is 0.467. The third kappa shape index (κ3) is 4.26. The summed E-state index contributed by atoms with van der Waals surface area (Å²) in [7, 11) is 0. The van der Waals surface area contributed by atoms with Crippen LogP contribution in [0, 0.1) is 19.3 Å². The van der Waals surface area contributed by atoms with E-state index in [2.05, 4.69) is 10.6 Å². The van der Waals surface area contributed by atoms with Crippen molar-refractivity contribution in [3.05, 3.63) is 29.3 Å². The van der Waals surface area contributed by atoms with E-state index in [1.165, 1.54) is 0 Å². The molecule has 2 amide bonds. The van der Waals surface area contributed by atoms with E-state index in [0.29, 0.717) is 5.69 Å². The number of nitrogens with one attached hydrogen (secondary N) is 2. The van der Waals surface area contributed by atoms with Crippen LogP contribution in [0.25, 0.3) is 0 Å². The Balaban J connectivity index is 2.76. The summed E-state index contributed by atoms with van der Waals surface area (Å²) >= 11 is 0. The van der Waals surface area contributed by atoms with Crippen LogP contribution in [0.15, 0.2) is 18.2 Å². The molecule has 0 aliphatic rings. The lowest BCUT2D eigenvalue weighted by Gasteiger charge is -2.27. The lowest BCUT2D eigenvalue weighted by Crippen LogP contribution is -2.50. The summed E-state index contributed by atoms with van der Waals surface area (Å²) in [6.07, 6.45) is 0. The fourth-order valence-corrected chi connectivity index (χ4v) is 1.77. The zero-order chi connectivity index (χ0) is 15.5. The lowest BCUT2D eigenvalue weighted by molar-refractivity contribution is -0.141. The Kier molecular flexibility index (Phi) is 4.76. The number of aliphatic carboxylic acids is 1. The normalized spacial score (nSPS) is 12.7. The molecule has 0 fully saturated rings. The highest BCUT2D eigenvalue weighted by molar-refractivity contribution is 5.92. The van der Waals surface area contributed by atoms with Crippen LogP contribution in [0.3, 0.4) is 0 Å². The van der Waals surface area contributed by atoms with Gasteiger partial charge in [-0.05, 0) is 42.5 Å². The van der Waals surface area contributed by atoms with E-state index in [1.807, 2.05) is 26.0 Å². The second kappa shape index (κ2) is 5.94. The van der Waals surface area contributed by atoms with Gasteiger partial charge in [0.1, 0.15) is 6.04 Å². The summed E-state index contributed by atoms with van der Waals surface area (Å²) < 4.78 is 0. The number of carboxylic acids is 1. The van der Waals surface area contributed by atoms with Crippen molar-refractivity contribution in [2.75, 3.05) is 5.32 Å². The number of aryl methyl sites for hydroxylation is 2. The van der Waals surface area contributed by atoms with Crippen LogP contribution in [-0.2, 0) is 4.79 Å². The number of carbonyl (C=O) groups excluding carboxylic acids is 1. The molecule has 0 saturated carbocycles. The Labute approximate surface area is 119 Å². The number of carbonyl (C=O) groups is 2. The lowest BCUT2D eigenvalue weighted by atomic mass is 9.87. The molecule has 5 heteroatoms. The molecule has 0 aromatic heterocycles. The van der Waals surface area contributed by atoms with Crippen LogP contribution in [-0.4, -0.2) is 23.1 Å². The van der Waals surface area contributed by atoms with E-state index in [9.17, 15) is 9.59 Å². The number of hydrogen-bond donors (Lipinski definition) is 3. The second-order valence-corrected chi connectivity index (χ2v) is 6.03. The average Bonchev–Trinajstić information content (AvgIpc) is 2.29. The van der Waals surface area contributed by atoms with E-state index >= 15 is 0 Å². The SMILES string of the molecule is Cc1ccc(NC(=O)N[C@@H](C(=O)O)C(C)(C)C)cc1C. The highest BCUT2D eigenvalue weighted by atomic mass is 16.4. The minimum absolute atomic E-state index is 0.518. The minimum atomic E-state index is -1.05. The topological polar surface area (TPSA) is 78.4 Å². The van der Waals surface area contributed by atoms with Crippen LogP contribution in [0.1, 0.15) is 31.9 Å². The maximum atomic E-state index is 11.9. The largest absolute Gasteiger partial charge is 0.480 e. The van der Waals surface area contributed by atoms with Crippen molar-refractivity contribution in [1.29, 1.82) is 0 Å². The monoisotopic (exact) mass is 278 g/mol. The summed E-state index contributed by atoms with van der Waals surface area (Å²) in [5, 5.41) is 14.3. The molecular weight excluding hydrogens is 256 g/mol. The molecule has 0 unspecified atom stereocenters. The Morgan fingerprint density at radius 1 is 1.15 bits per heavy atom. The quantitative estimate of drug-likeness (QED) is 0.795. The van der Waals surface area contributed by atoms with Crippen molar-refractivity contribution in [2.24, 2.45) is 5.41 Å². The fourth-order valence-electron chi connectivity index (χ4n) is 1.77. The van der Waals surface area contributed by atoms with Crippen LogP contribution >= 0.6 is 0 Å². The first-order valence-corrected chi connectivity index (χ1v) is 6.49. The number of benzene rings is 1. The number of carboxylic acid groups (broad SMARTS) is 1. The van der Waals surface area contributed by atoms with Gasteiger partial charge in [-0.1, -0.05) is 26.8 Å². The third-order valence-electron chi connectivity index (χ3n) is 3.15. The second-order valence-electron chi connectivity index (χ2n) is 6.03. The molecule has 0 spiro atoms. The molecule has 1 aromatic carbocycles. The zero-order valence-electron chi connectivity index (χ0n) is 12.6.